The highest BCUT2D eigenvalue weighted by Gasteiger charge is 2.57. The Morgan fingerprint density at radius 2 is 1.65 bits per heavy atom. The standard InChI is InChI=1S/C19H18N2O2/c1-20-16-11-6-5-10-15(16)19(18(20)23,14-8-3-2-4-9-14)21-13-7-12-17(21)22/h2-6,8-11H,7,12-13H2,1H3. The van der Waals surface area contributed by atoms with Crippen LogP contribution in [0, 0.1) is 0 Å². The minimum absolute atomic E-state index is 0.0484. The van der Waals surface area contributed by atoms with Crippen LogP contribution in [0.5, 0.6) is 0 Å². The summed E-state index contributed by atoms with van der Waals surface area (Å²) in [6.07, 6.45) is 1.31. The van der Waals surface area contributed by atoms with E-state index in [9.17, 15) is 9.59 Å². The van der Waals surface area contributed by atoms with Crippen LogP contribution < -0.4 is 4.90 Å². The Bertz CT molecular complexity index is 787. The minimum Gasteiger partial charge on any atom is -0.320 e. The van der Waals surface area contributed by atoms with E-state index in [1.165, 1.54) is 0 Å². The fourth-order valence-corrected chi connectivity index (χ4v) is 3.92. The summed E-state index contributed by atoms with van der Waals surface area (Å²) in [4.78, 5) is 29.4. The molecule has 0 radical (unpaired) electrons. The highest BCUT2D eigenvalue weighted by Crippen LogP contribution is 2.48. The van der Waals surface area contributed by atoms with Gasteiger partial charge in [0.2, 0.25) is 5.91 Å². The maximum absolute atomic E-state index is 13.3. The van der Waals surface area contributed by atoms with E-state index in [0.29, 0.717) is 13.0 Å². The number of carbonyl (C=O) groups is 2. The molecule has 0 aliphatic carbocycles. The van der Waals surface area contributed by atoms with Crippen molar-refractivity contribution in [2.45, 2.75) is 18.4 Å². The summed E-state index contributed by atoms with van der Waals surface area (Å²) < 4.78 is 0. The molecule has 4 heteroatoms. The number of fused-ring (bicyclic) bond motifs is 1. The molecule has 1 fully saturated rings. The lowest BCUT2D eigenvalue weighted by Gasteiger charge is -2.38. The largest absolute Gasteiger partial charge is 0.320 e. The first-order chi connectivity index (χ1) is 11.2. The van der Waals surface area contributed by atoms with Crippen LogP contribution in [0.25, 0.3) is 0 Å². The number of nitrogens with zero attached hydrogens (tertiary/aromatic N) is 2. The number of likely N-dealkylation sites (N-methyl/N-ethyl adjacent to an activating group) is 1. The first kappa shape index (κ1) is 14.0. The zero-order valence-corrected chi connectivity index (χ0v) is 13.0. The molecule has 2 aliphatic heterocycles. The Morgan fingerprint density at radius 1 is 0.957 bits per heavy atom. The van der Waals surface area contributed by atoms with Crippen molar-refractivity contribution in [1.29, 1.82) is 0 Å². The molecule has 0 N–H and O–H groups in total. The van der Waals surface area contributed by atoms with Gasteiger partial charge in [0.15, 0.2) is 5.54 Å². The number of hydrogen-bond acceptors (Lipinski definition) is 2. The summed E-state index contributed by atoms with van der Waals surface area (Å²) >= 11 is 0. The van der Waals surface area contributed by atoms with Crippen LogP contribution in [0.1, 0.15) is 24.0 Å². The summed E-state index contributed by atoms with van der Waals surface area (Å²) in [5, 5.41) is 0. The fraction of sp³-hybridized carbons (Fsp3) is 0.263. The van der Waals surface area contributed by atoms with Crippen molar-refractivity contribution in [3.8, 4) is 0 Å². The predicted molar refractivity (Wildman–Crippen MR) is 88.0 cm³/mol. The Kier molecular flexibility index (Phi) is 3.01. The van der Waals surface area contributed by atoms with Gasteiger partial charge in [-0.05, 0) is 18.1 Å². The number of benzene rings is 2. The number of anilines is 1. The Morgan fingerprint density at radius 3 is 2.35 bits per heavy atom. The monoisotopic (exact) mass is 306 g/mol. The normalized spacial score (nSPS) is 23.5. The Balaban J connectivity index is 2.05. The van der Waals surface area contributed by atoms with Crippen molar-refractivity contribution in [3.05, 3.63) is 65.7 Å². The molecular weight excluding hydrogens is 288 g/mol. The molecule has 4 rings (SSSR count). The third-order valence-corrected chi connectivity index (χ3v) is 4.94. The van der Waals surface area contributed by atoms with Crippen molar-refractivity contribution in [1.82, 2.24) is 4.90 Å². The second-order valence-corrected chi connectivity index (χ2v) is 6.11. The fourth-order valence-electron chi connectivity index (χ4n) is 3.92. The SMILES string of the molecule is CN1C(=O)C(c2ccccc2)(N2CCCC2=O)c2ccccc21. The number of rotatable bonds is 2. The van der Waals surface area contributed by atoms with E-state index < -0.39 is 5.54 Å². The molecule has 23 heavy (non-hydrogen) atoms. The van der Waals surface area contributed by atoms with Crippen molar-refractivity contribution >= 4 is 17.5 Å². The van der Waals surface area contributed by atoms with Crippen LogP contribution in [-0.4, -0.2) is 30.3 Å². The zero-order chi connectivity index (χ0) is 16.0. The molecule has 0 bridgehead atoms. The first-order valence-electron chi connectivity index (χ1n) is 7.91. The number of amides is 2. The molecule has 2 aromatic carbocycles. The second-order valence-electron chi connectivity index (χ2n) is 6.11. The maximum atomic E-state index is 13.3. The van der Waals surface area contributed by atoms with Crippen LogP contribution in [0.3, 0.4) is 0 Å². The molecule has 1 atom stereocenters. The molecular formula is C19H18N2O2. The van der Waals surface area contributed by atoms with Crippen molar-refractivity contribution in [2.24, 2.45) is 0 Å². The van der Waals surface area contributed by atoms with Crippen molar-refractivity contribution < 1.29 is 9.59 Å². The lowest BCUT2D eigenvalue weighted by Crippen LogP contribution is -2.54. The van der Waals surface area contributed by atoms with Gasteiger partial charge < -0.3 is 9.80 Å². The van der Waals surface area contributed by atoms with Gasteiger partial charge in [-0.15, -0.1) is 0 Å². The van der Waals surface area contributed by atoms with Crippen molar-refractivity contribution in [2.75, 3.05) is 18.5 Å². The summed E-state index contributed by atoms with van der Waals surface area (Å²) in [7, 11) is 1.78. The number of likely N-dealkylation sites (tertiary alicyclic amines) is 1. The summed E-state index contributed by atoms with van der Waals surface area (Å²) in [5.41, 5.74) is 1.60. The summed E-state index contributed by atoms with van der Waals surface area (Å²) in [5.74, 6) is -0.00699. The van der Waals surface area contributed by atoms with Gasteiger partial charge in [-0.3, -0.25) is 9.59 Å². The summed E-state index contributed by atoms with van der Waals surface area (Å²) in [6, 6.07) is 17.4. The average molecular weight is 306 g/mol. The van der Waals surface area contributed by atoms with E-state index in [0.717, 1.165) is 23.2 Å². The van der Waals surface area contributed by atoms with Gasteiger partial charge in [0.25, 0.3) is 5.91 Å². The van der Waals surface area contributed by atoms with E-state index in [4.69, 9.17) is 0 Å². The van der Waals surface area contributed by atoms with Gasteiger partial charge in [0.1, 0.15) is 0 Å². The van der Waals surface area contributed by atoms with E-state index in [2.05, 4.69) is 0 Å². The lowest BCUT2D eigenvalue weighted by atomic mass is 9.82. The van der Waals surface area contributed by atoms with Gasteiger partial charge in [0.05, 0.1) is 0 Å². The van der Waals surface area contributed by atoms with Crippen LogP contribution >= 0.6 is 0 Å². The third kappa shape index (κ3) is 1.72. The molecule has 0 spiro atoms. The van der Waals surface area contributed by atoms with E-state index >= 15 is 0 Å². The van der Waals surface area contributed by atoms with Gasteiger partial charge >= 0.3 is 0 Å². The smallest absolute Gasteiger partial charge is 0.262 e. The molecule has 2 aliphatic rings. The van der Waals surface area contributed by atoms with Crippen LogP contribution in [0.4, 0.5) is 5.69 Å². The Labute approximate surface area is 135 Å². The topological polar surface area (TPSA) is 40.6 Å². The molecule has 2 aromatic rings. The Hall–Kier alpha value is -2.62. The highest BCUT2D eigenvalue weighted by atomic mass is 16.2. The molecule has 2 heterocycles. The highest BCUT2D eigenvalue weighted by molar-refractivity contribution is 6.11. The molecule has 1 saturated heterocycles. The van der Waals surface area contributed by atoms with Crippen LogP contribution in [-0.2, 0) is 15.1 Å². The predicted octanol–water partition coefficient (Wildman–Crippen LogP) is 2.53. The number of carbonyl (C=O) groups excluding carboxylic acids is 2. The quantitative estimate of drug-likeness (QED) is 0.855. The number of hydrogen-bond donors (Lipinski definition) is 0. The van der Waals surface area contributed by atoms with Crippen molar-refractivity contribution in [3.63, 3.8) is 0 Å². The van der Waals surface area contributed by atoms with Gasteiger partial charge in [0, 0.05) is 31.3 Å². The maximum Gasteiger partial charge on any atom is 0.262 e. The van der Waals surface area contributed by atoms with Crippen LogP contribution in [0.15, 0.2) is 54.6 Å². The van der Waals surface area contributed by atoms with Gasteiger partial charge in [-0.1, -0.05) is 48.5 Å². The zero-order valence-electron chi connectivity index (χ0n) is 13.0. The van der Waals surface area contributed by atoms with Gasteiger partial charge in [-0.2, -0.15) is 0 Å². The second kappa shape index (κ2) is 4.95. The van der Waals surface area contributed by atoms with E-state index in [-0.39, 0.29) is 11.8 Å². The number of para-hydroxylation sites is 1. The molecule has 4 nitrogen and oxygen atoms in total. The van der Waals surface area contributed by atoms with E-state index in [1.807, 2.05) is 54.6 Å². The van der Waals surface area contributed by atoms with Gasteiger partial charge in [-0.25, -0.2) is 0 Å². The molecule has 116 valence electrons. The minimum atomic E-state index is -1.03. The lowest BCUT2D eigenvalue weighted by molar-refractivity contribution is -0.140. The molecule has 1 unspecified atom stereocenters. The molecule has 0 aromatic heterocycles. The molecule has 0 saturated carbocycles. The summed E-state index contributed by atoms with van der Waals surface area (Å²) in [6.45, 7) is 0.613. The first-order valence-corrected chi connectivity index (χ1v) is 7.91. The van der Waals surface area contributed by atoms with E-state index in [1.54, 1.807) is 16.8 Å². The van der Waals surface area contributed by atoms with Crippen LogP contribution in [0.2, 0.25) is 0 Å². The third-order valence-electron chi connectivity index (χ3n) is 4.94. The average Bonchev–Trinajstić information content (AvgIpc) is 3.11. The molecule has 2 amide bonds.